The summed E-state index contributed by atoms with van der Waals surface area (Å²) in [5.41, 5.74) is 1.14. The zero-order valence-electron chi connectivity index (χ0n) is 14.5. The van der Waals surface area contributed by atoms with Crippen molar-refractivity contribution in [3.63, 3.8) is 0 Å². The smallest absolute Gasteiger partial charge is 0.335 e. The molecule has 1 fully saturated rings. The maximum Gasteiger partial charge on any atom is 0.335 e. The van der Waals surface area contributed by atoms with Crippen molar-refractivity contribution in [2.45, 2.75) is 11.7 Å². The van der Waals surface area contributed by atoms with E-state index in [4.69, 9.17) is 10.5 Å². The molecule has 9 heteroatoms. The molecule has 0 aliphatic carbocycles. The summed E-state index contributed by atoms with van der Waals surface area (Å²) in [4.78, 5) is 35.8. The summed E-state index contributed by atoms with van der Waals surface area (Å²) >= 11 is 0.918. The van der Waals surface area contributed by atoms with Crippen molar-refractivity contribution < 1.29 is 19.5 Å². The first-order valence-corrected chi connectivity index (χ1v) is 9.13. The highest BCUT2D eigenvalue weighted by Gasteiger charge is 2.35. The van der Waals surface area contributed by atoms with Gasteiger partial charge in [-0.1, -0.05) is 48.2 Å². The van der Waals surface area contributed by atoms with E-state index in [0.29, 0.717) is 5.69 Å². The monoisotopic (exact) mass is 396 g/mol. The van der Waals surface area contributed by atoms with E-state index in [-0.39, 0.29) is 17.2 Å². The highest BCUT2D eigenvalue weighted by Crippen LogP contribution is 2.27. The van der Waals surface area contributed by atoms with Crippen molar-refractivity contribution in [2.75, 3.05) is 5.32 Å². The number of nitrogens with zero attached hydrogens (tertiary/aromatic N) is 2. The second-order valence-corrected chi connectivity index (χ2v) is 7.04. The Labute approximate surface area is 164 Å². The van der Waals surface area contributed by atoms with Crippen molar-refractivity contribution in [1.82, 2.24) is 5.01 Å². The molecule has 1 atom stereocenters. The highest BCUT2D eigenvalue weighted by atomic mass is 32.2. The van der Waals surface area contributed by atoms with Gasteiger partial charge in [-0.2, -0.15) is 10.1 Å². The molecular formula is C19H16N4O4S. The van der Waals surface area contributed by atoms with E-state index in [1.165, 1.54) is 24.4 Å². The molecule has 2 aromatic rings. The topological polar surface area (TPSA) is 123 Å². The third-order valence-electron chi connectivity index (χ3n) is 3.83. The van der Waals surface area contributed by atoms with Gasteiger partial charge in [0, 0.05) is 5.69 Å². The molecule has 1 aliphatic rings. The number of aromatic carboxylic acids is 1. The number of hydrazone groups is 1. The summed E-state index contributed by atoms with van der Waals surface area (Å²) in [5.74, 6) is -2.04. The first-order valence-electron chi connectivity index (χ1n) is 8.25. The van der Waals surface area contributed by atoms with E-state index in [1.807, 2.05) is 30.3 Å². The Bertz CT molecular complexity index is 943. The molecule has 0 spiro atoms. The van der Waals surface area contributed by atoms with Gasteiger partial charge in [0.1, 0.15) is 5.25 Å². The number of nitrogens with one attached hydrogen (secondary N) is 2. The Morgan fingerprint density at radius 1 is 1.21 bits per heavy atom. The minimum atomic E-state index is -1.10. The van der Waals surface area contributed by atoms with E-state index in [9.17, 15) is 14.4 Å². The summed E-state index contributed by atoms with van der Waals surface area (Å²) in [5, 5.41) is 23.7. The van der Waals surface area contributed by atoms with Gasteiger partial charge in [0.2, 0.25) is 5.91 Å². The van der Waals surface area contributed by atoms with Crippen molar-refractivity contribution >= 4 is 46.6 Å². The molecule has 2 aromatic carbocycles. The van der Waals surface area contributed by atoms with E-state index in [0.717, 1.165) is 22.3 Å². The van der Waals surface area contributed by atoms with Crippen LogP contribution >= 0.6 is 11.8 Å². The fourth-order valence-electron chi connectivity index (χ4n) is 2.46. The Morgan fingerprint density at radius 2 is 1.96 bits per heavy atom. The lowest BCUT2D eigenvalue weighted by atomic mass is 10.2. The van der Waals surface area contributed by atoms with Gasteiger partial charge in [0.05, 0.1) is 18.2 Å². The van der Waals surface area contributed by atoms with Gasteiger partial charge in [-0.3, -0.25) is 15.0 Å². The summed E-state index contributed by atoms with van der Waals surface area (Å²) in [7, 11) is 0. The van der Waals surface area contributed by atoms with Gasteiger partial charge in [0.25, 0.3) is 5.91 Å². The molecule has 3 N–H and O–H groups in total. The predicted molar refractivity (Wildman–Crippen MR) is 107 cm³/mol. The van der Waals surface area contributed by atoms with Crippen LogP contribution in [0.3, 0.4) is 0 Å². The van der Waals surface area contributed by atoms with Crippen LogP contribution in [-0.4, -0.2) is 44.5 Å². The number of hydrogen-bond donors (Lipinski definition) is 3. The van der Waals surface area contributed by atoms with Crippen molar-refractivity contribution in [1.29, 1.82) is 5.41 Å². The second-order valence-electron chi connectivity index (χ2n) is 5.85. The Kier molecular flexibility index (Phi) is 5.85. The zero-order chi connectivity index (χ0) is 20.1. The fourth-order valence-corrected chi connectivity index (χ4v) is 3.37. The molecular weight excluding hydrogens is 380 g/mol. The van der Waals surface area contributed by atoms with Gasteiger partial charge in [-0.15, -0.1) is 0 Å². The van der Waals surface area contributed by atoms with E-state index >= 15 is 0 Å². The second kappa shape index (κ2) is 8.49. The van der Waals surface area contributed by atoms with E-state index in [2.05, 4.69) is 10.4 Å². The number of benzene rings is 2. The molecule has 0 saturated carbocycles. The van der Waals surface area contributed by atoms with Crippen LogP contribution in [0.5, 0.6) is 0 Å². The first kappa shape index (κ1) is 19.3. The number of amides is 2. The summed E-state index contributed by atoms with van der Waals surface area (Å²) in [6, 6.07) is 15.0. The van der Waals surface area contributed by atoms with Crippen molar-refractivity contribution in [2.24, 2.45) is 5.10 Å². The molecule has 142 valence electrons. The van der Waals surface area contributed by atoms with E-state index < -0.39 is 23.0 Å². The lowest BCUT2D eigenvalue weighted by molar-refractivity contribution is -0.129. The van der Waals surface area contributed by atoms with Gasteiger partial charge in [0.15, 0.2) is 5.17 Å². The molecule has 0 bridgehead atoms. The zero-order valence-corrected chi connectivity index (χ0v) is 15.3. The molecule has 3 rings (SSSR count). The normalized spacial score (nSPS) is 17.0. The highest BCUT2D eigenvalue weighted by molar-refractivity contribution is 8.14. The molecule has 1 aliphatic heterocycles. The number of thioether (sulfide) groups is 1. The predicted octanol–water partition coefficient (Wildman–Crippen LogP) is 2.63. The molecule has 2 amide bonds. The summed E-state index contributed by atoms with van der Waals surface area (Å²) < 4.78 is 0. The lowest BCUT2D eigenvalue weighted by Gasteiger charge is -2.27. The van der Waals surface area contributed by atoms with Crippen LogP contribution in [0.1, 0.15) is 22.3 Å². The first-order chi connectivity index (χ1) is 13.4. The number of anilines is 1. The van der Waals surface area contributed by atoms with Crippen LogP contribution in [0.15, 0.2) is 59.7 Å². The Hall–Kier alpha value is -3.46. The van der Waals surface area contributed by atoms with Crippen LogP contribution in [0.2, 0.25) is 0 Å². The van der Waals surface area contributed by atoms with Gasteiger partial charge in [-0.25, -0.2) is 4.79 Å². The number of carboxylic acid groups (broad SMARTS) is 1. The minimum Gasteiger partial charge on any atom is -0.478 e. The largest absolute Gasteiger partial charge is 0.478 e. The SMILES string of the molecule is N=C1SC(C(=O)Nc2cccc(C(=O)O)c2)CC(=O)N1/N=C/c1ccccc1. The fraction of sp³-hybridized carbons (Fsp3) is 0.105. The molecule has 1 saturated heterocycles. The average Bonchev–Trinajstić information content (AvgIpc) is 2.68. The van der Waals surface area contributed by atoms with Gasteiger partial charge < -0.3 is 10.4 Å². The Morgan fingerprint density at radius 3 is 2.64 bits per heavy atom. The van der Waals surface area contributed by atoms with Gasteiger partial charge >= 0.3 is 5.97 Å². The average molecular weight is 396 g/mol. The third kappa shape index (κ3) is 4.63. The van der Waals surface area contributed by atoms with Crippen LogP contribution < -0.4 is 5.32 Å². The Balaban J connectivity index is 1.65. The third-order valence-corrected chi connectivity index (χ3v) is 4.90. The molecule has 8 nitrogen and oxygen atoms in total. The molecule has 1 heterocycles. The minimum absolute atomic E-state index is 0.0411. The van der Waals surface area contributed by atoms with Crippen LogP contribution in [0.4, 0.5) is 5.69 Å². The van der Waals surface area contributed by atoms with Crippen LogP contribution in [0, 0.1) is 5.41 Å². The van der Waals surface area contributed by atoms with Crippen LogP contribution in [-0.2, 0) is 9.59 Å². The molecule has 0 radical (unpaired) electrons. The van der Waals surface area contributed by atoms with Crippen molar-refractivity contribution in [3.8, 4) is 0 Å². The van der Waals surface area contributed by atoms with E-state index in [1.54, 1.807) is 6.07 Å². The number of hydrogen-bond acceptors (Lipinski definition) is 6. The molecule has 0 aromatic heterocycles. The number of carbonyl (C=O) groups is 3. The maximum absolute atomic E-state index is 12.4. The number of rotatable bonds is 5. The number of amidine groups is 1. The van der Waals surface area contributed by atoms with Crippen LogP contribution in [0.25, 0.3) is 0 Å². The quantitative estimate of drug-likeness (QED) is 0.671. The molecule has 1 unspecified atom stereocenters. The summed E-state index contributed by atoms with van der Waals surface area (Å²) in [6.45, 7) is 0. The summed E-state index contributed by atoms with van der Waals surface area (Å²) in [6.07, 6.45) is 1.36. The van der Waals surface area contributed by atoms with Gasteiger partial charge in [-0.05, 0) is 23.8 Å². The molecule has 28 heavy (non-hydrogen) atoms. The maximum atomic E-state index is 12.4. The number of carbonyl (C=O) groups excluding carboxylic acids is 2. The van der Waals surface area contributed by atoms with Crippen molar-refractivity contribution in [3.05, 3.63) is 65.7 Å². The lowest BCUT2D eigenvalue weighted by Crippen LogP contribution is -2.42. The number of carboxylic acids is 1. The standard InChI is InChI=1S/C19H16N4O4S/c20-19-23(21-11-12-5-2-1-3-6-12)16(24)10-15(28-19)17(25)22-14-8-4-7-13(9-14)18(26)27/h1-9,11,15,20H,10H2,(H,22,25)(H,26,27)/b20-19?,21-11+.